The molecular formula is C11H22N2O2. The van der Waals surface area contributed by atoms with E-state index in [2.05, 4.69) is 6.92 Å². The van der Waals surface area contributed by atoms with E-state index < -0.39 is 0 Å². The summed E-state index contributed by atoms with van der Waals surface area (Å²) in [7, 11) is 0. The van der Waals surface area contributed by atoms with Gasteiger partial charge in [-0.3, -0.25) is 0 Å². The van der Waals surface area contributed by atoms with Gasteiger partial charge in [0.2, 0.25) is 0 Å². The van der Waals surface area contributed by atoms with Crippen LogP contribution < -0.4 is 5.73 Å². The highest BCUT2D eigenvalue weighted by Gasteiger charge is 2.29. The quantitative estimate of drug-likeness (QED) is 0.759. The lowest BCUT2D eigenvalue weighted by molar-refractivity contribution is 0.0462. The molecule has 0 bridgehead atoms. The van der Waals surface area contributed by atoms with E-state index in [-0.39, 0.29) is 18.2 Å². The number of piperidine rings is 1. The van der Waals surface area contributed by atoms with Crippen molar-refractivity contribution in [2.24, 2.45) is 11.7 Å². The number of nitrogens with zero attached hydrogens (tertiary/aromatic N) is 1. The Morgan fingerprint density at radius 1 is 1.53 bits per heavy atom. The highest BCUT2D eigenvalue weighted by molar-refractivity contribution is 5.68. The number of likely N-dealkylation sites (tertiary alicyclic amines) is 1. The summed E-state index contributed by atoms with van der Waals surface area (Å²) in [5.41, 5.74) is 5.63. The van der Waals surface area contributed by atoms with Crippen molar-refractivity contribution < 1.29 is 9.53 Å². The molecule has 0 aromatic rings. The second kappa shape index (κ2) is 5.35. The topological polar surface area (TPSA) is 55.6 Å². The Hall–Kier alpha value is -0.770. The Bertz CT molecular complexity index is 219. The zero-order valence-electron chi connectivity index (χ0n) is 9.90. The lowest BCUT2D eigenvalue weighted by Gasteiger charge is -2.37. The van der Waals surface area contributed by atoms with Gasteiger partial charge in [-0.25, -0.2) is 4.79 Å². The number of rotatable bonds is 2. The molecule has 2 atom stereocenters. The fourth-order valence-corrected chi connectivity index (χ4v) is 1.90. The first-order valence-corrected chi connectivity index (χ1v) is 5.72. The number of carbonyl (C=O) groups is 1. The average molecular weight is 214 g/mol. The third-order valence-corrected chi connectivity index (χ3v) is 2.88. The maximum atomic E-state index is 11.7. The van der Waals surface area contributed by atoms with Crippen molar-refractivity contribution in [3.05, 3.63) is 0 Å². The molecule has 0 spiro atoms. The van der Waals surface area contributed by atoms with Crippen molar-refractivity contribution in [1.29, 1.82) is 0 Å². The first-order chi connectivity index (χ1) is 7.04. The zero-order chi connectivity index (χ0) is 11.4. The average Bonchev–Trinajstić information content (AvgIpc) is 2.17. The van der Waals surface area contributed by atoms with Crippen LogP contribution in [0.1, 0.15) is 33.6 Å². The van der Waals surface area contributed by atoms with Gasteiger partial charge in [-0.1, -0.05) is 0 Å². The molecular weight excluding hydrogens is 192 g/mol. The smallest absolute Gasteiger partial charge is 0.410 e. The van der Waals surface area contributed by atoms with Crippen molar-refractivity contribution in [3.63, 3.8) is 0 Å². The number of hydrogen-bond donors (Lipinski definition) is 1. The summed E-state index contributed by atoms with van der Waals surface area (Å²) >= 11 is 0. The summed E-state index contributed by atoms with van der Waals surface area (Å²) in [5, 5.41) is 0. The number of nitrogens with two attached hydrogens (primary N) is 1. The van der Waals surface area contributed by atoms with Crippen LogP contribution in [0.3, 0.4) is 0 Å². The standard InChI is InChI=1S/C11H22N2O2/c1-8(2)15-11(14)13-7-10(6-12)5-4-9(13)3/h8-10H,4-7,12H2,1-3H3. The van der Waals surface area contributed by atoms with E-state index in [1.165, 1.54) is 0 Å². The normalized spacial score (nSPS) is 26.9. The molecule has 1 heterocycles. The summed E-state index contributed by atoms with van der Waals surface area (Å²) in [6.07, 6.45) is 1.89. The van der Waals surface area contributed by atoms with Crippen molar-refractivity contribution in [3.8, 4) is 0 Å². The van der Waals surface area contributed by atoms with Gasteiger partial charge in [-0.2, -0.15) is 0 Å². The van der Waals surface area contributed by atoms with Gasteiger partial charge in [-0.15, -0.1) is 0 Å². The van der Waals surface area contributed by atoms with Crippen molar-refractivity contribution >= 4 is 6.09 Å². The molecule has 2 unspecified atom stereocenters. The van der Waals surface area contributed by atoms with Crippen molar-refractivity contribution in [2.75, 3.05) is 13.1 Å². The molecule has 0 saturated carbocycles. The van der Waals surface area contributed by atoms with Crippen LogP contribution in [0.5, 0.6) is 0 Å². The Morgan fingerprint density at radius 3 is 2.73 bits per heavy atom. The minimum Gasteiger partial charge on any atom is -0.447 e. The summed E-state index contributed by atoms with van der Waals surface area (Å²) in [4.78, 5) is 13.5. The van der Waals surface area contributed by atoms with Gasteiger partial charge in [0.25, 0.3) is 0 Å². The van der Waals surface area contributed by atoms with E-state index in [1.807, 2.05) is 13.8 Å². The second-order valence-electron chi connectivity index (χ2n) is 4.61. The molecule has 1 aliphatic rings. The lowest BCUT2D eigenvalue weighted by Crippen LogP contribution is -2.47. The molecule has 88 valence electrons. The number of carbonyl (C=O) groups excluding carboxylic acids is 1. The maximum absolute atomic E-state index is 11.7. The van der Waals surface area contributed by atoms with E-state index in [9.17, 15) is 4.79 Å². The molecule has 2 N–H and O–H groups in total. The second-order valence-corrected chi connectivity index (χ2v) is 4.61. The monoisotopic (exact) mass is 214 g/mol. The molecule has 4 nitrogen and oxygen atoms in total. The van der Waals surface area contributed by atoms with Crippen LogP contribution in [0, 0.1) is 5.92 Å². The summed E-state index contributed by atoms with van der Waals surface area (Å²) < 4.78 is 5.20. The molecule has 1 amide bonds. The lowest BCUT2D eigenvalue weighted by atomic mass is 9.94. The zero-order valence-corrected chi connectivity index (χ0v) is 9.90. The van der Waals surface area contributed by atoms with Crippen LogP contribution in [0.2, 0.25) is 0 Å². The van der Waals surface area contributed by atoms with Crippen molar-refractivity contribution in [2.45, 2.75) is 45.8 Å². The van der Waals surface area contributed by atoms with Crippen LogP contribution in [0.25, 0.3) is 0 Å². The van der Waals surface area contributed by atoms with E-state index in [1.54, 1.807) is 4.90 Å². The molecule has 15 heavy (non-hydrogen) atoms. The van der Waals surface area contributed by atoms with E-state index >= 15 is 0 Å². The number of ether oxygens (including phenoxy) is 1. The Balaban J connectivity index is 2.53. The van der Waals surface area contributed by atoms with Crippen LogP contribution in [-0.4, -0.2) is 36.2 Å². The Kier molecular flexibility index (Phi) is 4.39. The predicted octanol–water partition coefficient (Wildman–Crippen LogP) is 1.59. The fourth-order valence-electron chi connectivity index (χ4n) is 1.90. The first kappa shape index (κ1) is 12.3. The van der Waals surface area contributed by atoms with Crippen molar-refractivity contribution in [1.82, 2.24) is 4.90 Å². The number of amides is 1. The Labute approximate surface area is 91.8 Å². The van der Waals surface area contributed by atoms with E-state index in [0.29, 0.717) is 12.5 Å². The highest BCUT2D eigenvalue weighted by Crippen LogP contribution is 2.21. The summed E-state index contributed by atoms with van der Waals surface area (Å²) in [6.45, 7) is 7.19. The summed E-state index contributed by atoms with van der Waals surface area (Å²) in [6, 6.07) is 0.277. The van der Waals surface area contributed by atoms with Gasteiger partial charge in [0, 0.05) is 12.6 Å². The SMILES string of the molecule is CC(C)OC(=O)N1CC(CN)CCC1C. The highest BCUT2D eigenvalue weighted by atomic mass is 16.6. The van der Waals surface area contributed by atoms with E-state index in [0.717, 1.165) is 19.4 Å². The minimum atomic E-state index is -0.198. The molecule has 1 saturated heterocycles. The number of hydrogen-bond acceptors (Lipinski definition) is 3. The van der Waals surface area contributed by atoms with Crippen LogP contribution in [-0.2, 0) is 4.74 Å². The molecule has 0 aliphatic carbocycles. The van der Waals surface area contributed by atoms with Crippen LogP contribution >= 0.6 is 0 Å². The first-order valence-electron chi connectivity index (χ1n) is 5.72. The van der Waals surface area contributed by atoms with Crippen LogP contribution in [0.4, 0.5) is 4.79 Å². The van der Waals surface area contributed by atoms with Gasteiger partial charge >= 0.3 is 6.09 Å². The molecule has 4 heteroatoms. The third kappa shape index (κ3) is 3.38. The molecule has 1 fully saturated rings. The molecule has 0 aromatic carbocycles. The summed E-state index contributed by atoms with van der Waals surface area (Å²) in [5.74, 6) is 0.431. The molecule has 1 aliphatic heterocycles. The van der Waals surface area contributed by atoms with E-state index in [4.69, 9.17) is 10.5 Å². The molecule has 0 radical (unpaired) electrons. The maximum Gasteiger partial charge on any atom is 0.410 e. The Morgan fingerprint density at radius 2 is 2.20 bits per heavy atom. The predicted molar refractivity (Wildman–Crippen MR) is 59.6 cm³/mol. The van der Waals surface area contributed by atoms with Gasteiger partial charge in [0.1, 0.15) is 0 Å². The van der Waals surface area contributed by atoms with Crippen LogP contribution in [0.15, 0.2) is 0 Å². The largest absolute Gasteiger partial charge is 0.447 e. The third-order valence-electron chi connectivity index (χ3n) is 2.88. The van der Waals surface area contributed by atoms with Gasteiger partial charge < -0.3 is 15.4 Å². The molecule has 1 rings (SSSR count). The molecule has 0 aromatic heterocycles. The minimum absolute atomic E-state index is 0.0528. The van der Waals surface area contributed by atoms with Gasteiger partial charge in [-0.05, 0) is 46.1 Å². The fraction of sp³-hybridized carbons (Fsp3) is 0.909. The van der Waals surface area contributed by atoms with Gasteiger partial charge in [0.15, 0.2) is 0 Å². The van der Waals surface area contributed by atoms with Gasteiger partial charge in [0.05, 0.1) is 6.10 Å².